The Balaban J connectivity index is 1.99. The summed E-state index contributed by atoms with van der Waals surface area (Å²) in [4.78, 5) is 0. The van der Waals surface area contributed by atoms with Gasteiger partial charge in [-0.2, -0.15) is 0 Å². The van der Waals surface area contributed by atoms with Crippen LogP contribution in [0.4, 0.5) is 0 Å². The van der Waals surface area contributed by atoms with Gasteiger partial charge >= 0.3 is 0 Å². The van der Waals surface area contributed by atoms with E-state index in [2.05, 4.69) is 30.4 Å². The summed E-state index contributed by atoms with van der Waals surface area (Å²) in [5.74, 6) is 0. The topological polar surface area (TPSA) is 30.7 Å². The lowest BCUT2D eigenvalue weighted by Gasteiger charge is -2.01. The van der Waals surface area contributed by atoms with Crippen molar-refractivity contribution in [3.8, 4) is 0 Å². The van der Waals surface area contributed by atoms with E-state index >= 15 is 0 Å². The van der Waals surface area contributed by atoms with Gasteiger partial charge in [-0.1, -0.05) is 76.8 Å². The monoisotopic (exact) mass is 279 g/mol. The van der Waals surface area contributed by atoms with Gasteiger partial charge in [0.1, 0.15) is 0 Å². The molecule has 3 heteroatoms. The van der Waals surface area contributed by atoms with E-state index < -0.39 is 0 Å². The number of hydrogen-bond donors (Lipinski definition) is 0. The van der Waals surface area contributed by atoms with Crippen LogP contribution in [0.25, 0.3) is 0 Å². The Morgan fingerprint density at radius 3 is 2.10 bits per heavy atom. The molecule has 0 amide bonds. The van der Waals surface area contributed by atoms with Gasteiger partial charge in [0.2, 0.25) is 0 Å². The zero-order chi connectivity index (χ0) is 14.5. The van der Waals surface area contributed by atoms with Crippen LogP contribution in [0.2, 0.25) is 0 Å². The maximum Gasteiger partial charge on any atom is 0.0827 e. The van der Waals surface area contributed by atoms with E-state index in [1.54, 1.807) is 0 Å². The van der Waals surface area contributed by atoms with E-state index in [-0.39, 0.29) is 0 Å². The first-order valence-corrected chi connectivity index (χ1v) is 8.75. The standard InChI is InChI=1S/C17H33N3/c1-3-5-7-8-9-10-11-13-15-20-16-17(18-19-20)14-12-6-4-2/h16H,3-15H2,1-2H3. The number of unbranched alkanes of at least 4 members (excludes halogenated alkanes) is 9. The van der Waals surface area contributed by atoms with Crippen LogP contribution in [0, 0.1) is 0 Å². The Morgan fingerprint density at radius 2 is 1.40 bits per heavy atom. The lowest BCUT2D eigenvalue weighted by atomic mass is 10.1. The van der Waals surface area contributed by atoms with Gasteiger partial charge in [0.25, 0.3) is 0 Å². The molecule has 0 spiro atoms. The van der Waals surface area contributed by atoms with Crippen LogP contribution in [0.3, 0.4) is 0 Å². The summed E-state index contributed by atoms with van der Waals surface area (Å²) < 4.78 is 2.03. The zero-order valence-electron chi connectivity index (χ0n) is 13.6. The quantitative estimate of drug-likeness (QED) is 0.467. The molecule has 20 heavy (non-hydrogen) atoms. The van der Waals surface area contributed by atoms with Gasteiger partial charge in [0.15, 0.2) is 0 Å². The van der Waals surface area contributed by atoms with Gasteiger partial charge in [-0.25, -0.2) is 0 Å². The molecule has 0 fully saturated rings. The normalized spacial score (nSPS) is 11.1. The molecular weight excluding hydrogens is 246 g/mol. The SMILES string of the molecule is CCCCCCCCCCn1cc(CCCCC)nn1. The van der Waals surface area contributed by atoms with Crippen molar-refractivity contribution in [2.24, 2.45) is 0 Å². The maximum absolute atomic E-state index is 4.25. The molecule has 1 rings (SSSR count). The molecule has 0 radical (unpaired) electrons. The summed E-state index contributed by atoms with van der Waals surface area (Å²) in [5, 5.41) is 8.47. The average Bonchev–Trinajstić information content (AvgIpc) is 2.90. The van der Waals surface area contributed by atoms with Gasteiger partial charge < -0.3 is 0 Å². The van der Waals surface area contributed by atoms with Gasteiger partial charge in [-0.05, 0) is 19.3 Å². The number of nitrogens with zero attached hydrogens (tertiary/aromatic N) is 3. The van der Waals surface area contributed by atoms with Crippen LogP contribution >= 0.6 is 0 Å². The highest BCUT2D eigenvalue weighted by Gasteiger charge is 2.00. The molecule has 0 N–H and O–H groups in total. The summed E-state index contributed by atoms with van der Waals surface area (Å²) in [6, 6.07) is 0. The van der Waals surface area contributed by atoms with Crippen LogP contribution in [0.5, 0.6) is 0 Å². The first-order valence-electron chi connectivity index (χ1n) is 8.75. The summed E-state index contributed by atoms with van der Waals surface area (Å²) in [5.41, 5.74) is 1.16. The Morgan fingerprint density at radius 1 is 0.800 bits per heavy atom. The smallest absolute Gasteiger partial charge is 0.0827 e. The van der Waals surface area contributed by atoms with Gasteiger partial charge in [0.05, 0.1) is 5.69 Å². The van der Waals surface area contributed by atoms with E-state index in [1.807, 2.05) is 4.68 Å². The third-order valence-electron chi connectivity index (χ3n) is 3.86. The molecule has 0 bridgehead atoms. The average molecular weight is 279 g/mol. The minimum Gasteiger partial charge on any atom is -0.252 e. The van der Waals surface area contributed by atoms with Gasteiger partial charge in [-0.15, -0.1) is 5.10 Å². The van der Waals surface area contributed by atoms with E-state index in [9.17, 15) is 0 Å². The van der Waals surface area contributed by atoms with Crippen molar-refractivity contribution >= 4 is 0 Å². The summed E-state index contributed by atoms with van der Waals surface area (Å²) in [6.45, 7) is 5.55. The molecule has 1 aromatic rings. The zero-order valence-corrected chi connectivity index (χ0v) is 13.6. The fourth-order valence-corrected chi connectivity index (χ4v) is 2.53. The number of aryl methyl sites for hydroxylation is 2. The highest BCUT2D eigenvalue weighted by molar-refractivity contribution is 4.92. The van der Waals surface area contributed by atoms with Crippen molar-refractivity contribution in [3.05, 3.63) is 11.9 Å². The highest BCUT2D eigenvalue weighted by Crippen LogP contribution is 2.09. The van der Waals surface area contributed by atoms with Crippen LogP contribution in [0.15, 0.2) is 6.20 Å². The largest absolute Gasteiger partial charge is 0.252 e. The molecule has 0 aliphatic heterocycles. The number of hydrogen-bond acceptors (Lipinski definition) is 2. The van der Waals surface area contributed by atoms with E-state index in [0.29, 0.717) is 0 Å². The van der Waals surface area contributed by atoms with Crippen molar-refractivity contribution in [3.63, 3.8) is 0 Å². The third kappa shape index (κ3) is 8.34. The number of aromatic nitrogens is 3. The van der Waals surface area contributed by atoms with Crippen LogP contribution in [-0.2, 0) is 13.0 Å². The van der Waals surface area contributed by atoms with Gasteiger partial charge in [0, 0.05) is 12.7 Å². The van der Waals surface area contributed by atoms with E-state index in [4.69, 9.17) is 0 Å². The molecule has 0 saturated heterocycles. The number of rotatable bonds is 13. The molecule has 1 heterocycles. The van der Waals surface area contributed by atoms with Crippen molar-refractivity contribution in [1.29, 1.82) is 0 Å². The first kappa shape index (κ1) is 17.2. The molecule has 0 unspecified atom stereocenters. The minimum absolute atomic E-state index is 1.04. The summed E-state index contributed by atoms with van der Waals surface area (Å²) >= 11 is 0. The molecule has 0 saturated carbocycles. The minimum atomic E-state index is 1.04. The van der Waals surface area contributed by atoms with Crippen LogP contribution in [0.1, 0.15) is 90.2 Å². The highest BCUT2D eigenvalue weighted by atomic mass is 15.4. The van der Waals surface area contributed by atoms with Crippen molar-refractivity contribution in [2.75, 3.05) is 0 Å². The Hall–Kier alpha value is -0.860. The second-order valence-electron chi connectivity index (χ2n) is 5.90. The molecule has 116 valence electrons. The van der Waals surface area contributed by atoms with Crippen molar-refractivity contribution in [2.45, 2.75) is 97.4 Å². The lowest BCUT2D eigenvalue weighted by Crippen LogP contribution is -1.98. The van der Waals surface area contributed by atoms with Crippen molar-refractivity contribution < 1.29 is 0 Å². The second-order valence-corrected chi connectivity index (χ2v) is 5.90. The molecule has 1 aromatic heterocycles. The maximum atomic E-state index is 4.25. The predicted octanol–water partition coefficient (Wildman–Crippen LogP) is 5.15. The predicted molar refractivity (Wildman–Crippen MR) is 85.9 cm³/mol. The van der Waals surface area contributed by atoms with E-state index in [1.165, 1.54) is 70.6 Å². The van der Waals surface area contributed by atoms with Crippen LogP contribution < -0.4 is 0 Å². The molecular formula is C17H33N3. The second kappa shape index (κ2) is 11.9. The van der Waals surface area contributed by atoms with Gasteiger partial charge in [-0.3, -0.25) is 4.68 Å². The van der Waals surface area contributed by atoms with E-state index in [0.717, 1.165) is 18.7 Å². The molecule has 0 atom stereocenters. The molecule has 0 aliphatic carbocycles. The molecule has 0 aromatic carbocycles. The fraction of sp³-hybridized carbons (Fsp3) is 0.882. The van der Waals surface area contributed by atoms with Crippen molar-refractivity contribution in [1.82, 2.24) is 15.0 Å². The molecule has 0 aliphatic rings. The lowest BCUT2D eigenvalue weighted by molar-refractivity contribution is 0.510. The fourth-order valence-electron chi connectivity index (χ4n) is 2.53. The van der Waals surface area contributed by atoms with Crippen LogP contribution in [-0.4, -0.2) is 15.0 Å². The Kier molecular flexibility index (Phi) is 10.3. The summed E-state index contributed by atoms with van der Waals surface area (Å²) in [6.07, 6.45) is 18.0. The Labute approximate surface area is 125 Å². The first-order chi connectivity index (χ1) is 9.86. The molecule has 3 nitrogen and oxygen atoms in total. The third-order valence-corrected chi connectivity index (χ3v) is 3.86. The Bertz CT molecular complexity index is 320. The summed E-state index contributed by atoms with van der Waals surface area (Å²) in [7, 11) is 0.